The van der Waals surface area contributed by atoms with Gasteiger partial charge >= 0.3 is 6.03 Å². The number of hydrogen-bond acceptors (Lipinski definition) is 4. The largest absolute Gasteiger partial charge is 0.335 e. The molecular weight excluding hydrogens is 416 g/mol. The van der Waals surface area contributed by atoms with Gasteiger partial charge in [0.05, 0.1) is 14.7 Å². The van der Waals surface area contributed by atoms with Gasteiger partial charge in [-0.05, 0) is 46.7 Å². The summed E-state index contributed by atoms with van der Waals surface area (Å²) in [5.74, 6) is -0.348. The summed E-state index contributed by atoms with van der Waals surface area (Å²) >= 11 is 4.60. The van der Waals surface area contributed by atoms with Crippen molar-refractivity contribution >= 4 is 39.2 Å². The number of hydrazine groups is 1. The molecule has 3 amide bonds. The van der Waals surface area contributed by atoms with E-state index in [9.17, 15) is 9.59 Å². The number of hydrogen-bond donors (Lipinski definition) is 3. The van der Waals surface area contributed by atoms with Crippen LogP contribution in [-0.4, -0.2) is 36.5 Å². The lowest BCUT2D eigenvalue weighted by Gasteiger charge is -2.30. The number of benzene rings is 1. The molecule has 0 fully saturated rings. The van der Waals surface area contributed by atoms with Crippen molar-refractivity contribution in [3.8, 4) is 0 Å². The first-order chi connectivity index (χ1) is 12.5. The zero-order chi connectivity index (χ0) is 18.9. The summed E-state index contributed by atoms with van der Waals surface area (Å²) < 4.78 is 0.858. The van der Waals surface area contributed by atoms with Crippen LogP contribution >= 0.6 is 27.3 Å². The molecule has 2 rings (SSSR count). The summed E-state index contributed by atoms with van der Waals surface area (Å²) in [5.41, 5.74) is 5.95. The van der Waals surface area contributed by atoms with Crippen molar-refractivity contribution in [2.45, 2.75) is 19.9 Å². The van der Waals surface area contributed by atoms with Gasteiger partial charge in [0.1, 0.15) is 0 Å². The van der Waals surface area contributed by atoms with Crippen LogP contribution in [-0.2, 0) is 0 Å². The third kappa shape index (κ3) is 5.82. The highest BCUT2D eigenvalue weighted by Crippen LogP contribution is 2.21. The Hall–Kier alpha value is -1.90. The highest BCUT2D eigenvalue weighted by molar-refractivity contribution is 9.11. The minimum atomic E-state index is -0.443. The molecule has 140 valence electrons. The minimum absolute atomic E-state index is 0.0703. The van der Waals surface area contributed by atoms with Crippen molar-refractivity contribution < 1.29 is 9.59 Å². The standard InChI is InChI=1S/C18H23BrN4O2S/c1-3-23(4-2)14(13-8-6-5-7-9-13)12-20-18(25)22-21-17(24)15-10-11-16(19)26-15/h5-11,14H,3-4,12H2,1-2H3,(H,21,24)(H2,20,22,25). The number of thiophene rings is 1. The van der Waals surface area contributed by atoms with E-state index in [2.05, 4.69) is 63.0 Å². The minimum Gasteiger partial charge on any atom is -0.335 e. The lowest BCUT2D eigenvalue weighted by molar-refractivity contribution is 0.0940. The van der Waals surface area contributed by atoms with E-state index in [4.69, 9.17) is 0 Å². The van der Waals surface area contributed by atoms with Crippen LogP contribution in [0.4, 0.5) is 4.79 Å². The van der Waals surface area contributed by atoms with E-state index < -0.39 is 6.03 Å². The number of carbonyl (C=O) groups excluding carboxylic acids is 2. The number of urea groups is 1. The molecule has 6 nitrogen and oxygen atoms in total. The third-order valence-electron chi connectivity index (χ3n) is 3.98. The molecule has 0 aliphatic heterocycles. The SMILES string of the molecule is CCN(CC)C(CNC(=O)NNC(=O)c1ccc(Br)s1)c1ccccc1. The average molecular weight is 439 g/mol. The van der Waals surface area contributed by atoms with Crippen LogP contribution < -0.4 is 16.2 Å². The molecule has 0 aliphatic carbocycles. The van der Waals surface area contributed by atoms with E-state index >= 15 is 0 Å². The van der Waals surface area contributed by atoms with Gasteiger partial charge in [-0.2, -0.15) is 0 Å². The monoisotopic (exact) mass is 438 g/mol. The molecule has 0 bridgehead atoms. The zero-order valence-corrected chi connectivity index (χ0v) is 17.2. The van der Waals surface area contributed by atoms with Gasteiger partial charge in [0.15, 0.2) is 0 Å². The number of likely N-dealkylation sites (N-methyl/N-ethyl adjacent to an activating group) is 1. The molecule has 1 unspecified atom stereocenters. The van der Waals surface area contributed by atoms with E-state index in [0.717, 1.165) is 22.4 Å². The zero-order valence-electron chi connectivity index (χ0n) is 14.8. The number of rotatable bonds is 7. The molecule has 0 saturated carbocycles. The molecule has 0 aliphatic rings. The number of nitrogens with zero attached hydrogens (tertiary/aromatic N) is 1. The van der Waals surface area contributed by atoms with E-state index in [1.807, 2.05) is 18.2 Å². The molecule has 0 saturated heterocycles. The van der Waals surface area contributed by atoms with Crippen LogP contribution in [0.25, 0.3) is 0 Å². The normalized spacial score (nSPS) is 11.8. The van der Waals surface area contributed by atoms with Gasteiger partial charge in [-0.25, -0.2) is 10.2 Å². The molecule has 0 radical (unpaired) electrons. The highest BCUT2D eigenvalue weighted by atomic mass is 79.9. The fourth-order valence-electron chi connectivity index (χ4n) is 2.64. The van der Waals surface area contributed by atoms with Crippen LogP contribution in [0.3, 0.4) is 0 Å². The van der Waals surface area contributed by atoms with Crippen LogP contribution in [0.15, 0.2) is 46.3 Å². The predicted molar refractivity (Wildman–Crippen MR) is 108 cm³/mol. The second kappa shape index (κ2) is 10.3. The van der Waals surface area contributed by atoms with E-state index in [1.165, 1.54) is 11.3 Å². The summed E-state index contributed by atoms with van der Waals surface area (Å²) in [4.78, 5) is 26.8. The van der Waals surface area contributed by atoms with Crippen molar-refractivity contribution in [2.75, 3.05) is 19.6 Å². The third-order valence-corrected chi connectivity index (χ3v) is 5.60. The molecule has 8 heteroatoms. The first kappa shape index (κ1) is 20.4. The number of carbonyl (C=O) groups is 2. The van der Waals surface area contributed by atoms with E-state index in [-0.39, 0.29) is 11.9 Å². The summed E-state index contributed by atoms with van der Waals surface area (Å²) in [6.45, 7) is 6.39. The fraction of sp³-hybridized carbons (Fsp3) is 0.333. The van der Waals surface area contributed by atoms with Crippen LogP contribution in [0.1, 0.15) is 35.1 Å². The van der Waals surface area contributed by atoms with Gasteiger partial charge in [0.2, 0.25) is 0 Å². The maximum absolute atomic E-state index is 12.1. The molecular formula is C18H23BrN4O2S. The van der Waals surface area contributed by atoms with Crippen LogP contribution in [0.2, 0.25) is 0 Å². The van der Waals surface area contributed by atoms with E-state index in [1.54, 1.807) is 12.1 Å². The maximum atomic E-state index is 12.1. The number of halogens is 1. The lowest BCUT2D eigenvalue weighted by atomic mass is 10.1. The number of amides is 3. The Labute approximate surface area is 166 Å². The van der Waals surface area contributed by atoms with Gasteiger partial charge in [0, 0.05) is 6.54 Å². The lowest BCUT2D eigenvalue weighted by Crippen LogP contribution is -2.48. The molecule has 1 aromatic carbocycles. The van der Waals surface area contributed by atoms with E-state index in [0.29, 0.717) is 11.4 Å². The Morgan fingerprint density at radius 1 is 1.08 bits per heavy atom. The molecule has 0 spiro atoms. The first-order valence-electron chi connectivity index (χ1n) is 8.43. The van der Waals surface area contributed by atoms with Gasteiger partial charge in [-0.1, -0.05) is 44.2 Å². The van der Waals surface area contributed by atoms with Crippen molar-refractivity contribution in [1.82, 2.24) is 21.1 Å². The quantitative estimate of drug-likeness (QED) is 0.578. The Bertz CT molecular complexity index is 719. The molecule has 1 atom stereocenters. The molecule has 26 heavy (non-hydrogen) atoms. The summed E-state index contributed by atoms with van der Waals surface area (Å²) in [5, 5.41) is 2.83. The summed E-state index contributed by atoms with van der Waals surface area (Å²) in [6.07, 6.45) is 0. The molecule has 2 aromatic rings. The molecule has 3 N–H and O–H groups in total. The first-order valence-corrected chi connectivity index (χ1v) is 10.0. The second-order valence-corrected chi connectivity index (χ2v) is 8.00. The van der Waals surface area contributed by atoms with Crippen LogP contribution in [0.5, 0.6) is 0 Å². The topological polar surface area (TPSA) is 73.5 Å². The Balaban J connectivity index is 1.89. The summed E-state index contributed by atoms with van der Waals surface area (Å²) in [7, 11) is 0. The van der Waals surface area contributed by atoms with Gasteiger partial charge in [-0.3, -0.25) is 15.1 Å². The highest BCUT2D eigenvalue weighted by Gasteiger charge is 2.18. The fourth-order valence-corrected chi connectivity index (χ4v) is 3.92. The number of nitrogens with one attached hydrogen (secondary N) is 3. The smallest absolute Gasteiger partial charge is 0.333 e. The van der Waals surface area contributed by atoms with Crippen molar-refractivity contribution in [1.29, 1.82) is 0 Å². The van der Waals surface area contributed by atoms with Gasteiger partial charge in [-0.15, -0.1) is 11.3 Å². The van der Waals surface area contributed by atoms with Crippen molar-refractivity contribution in [3.63, 3.8) is 0 Å². The van der Waals surface area contributed by atoms with Crippen molar-refractivity contribution in [3.05, 3.63) is 56.7 Å². The Morgan fingerprint density at radius 3 is 2.35 bits per heavy atom. The summed E-state index contributed by atoms with van der Waals surface area (Å²) in [6, 6.07) is 13.2. The Kier molecular flexibility index (Phi) is 8.08. The van der Waals surface area contributed by atoms with Gasteiger partial charge in [0.25, 0.3) is 5.91 Å². The Morgan fingerprint density at radius 2 is 1.77 bits per heavy atom. The van der Waals surface area contributed by atoms with Crippen LogP contribution in [0, 0.1) is 0 Å². The predicted octanol–water partition coefficient (Wildman–Crippen LogP) is 3.54. The van der Waals surface area contributed by atoms with Crippen molar-refractivity contribution in [2.24, 2.45) is 0 Å². The average Bonchev–Trinajstić information content (AvgIpc) is 3.10. The molecule has 1 aromatic heterocycles. The molecule has 1 heterocycles. The second-order valence-electron chi connectivity index (χ2n) is 5.54. The van der Waals surface area contributed by atoms with Gasteiger partial charge < -0.3 is 5.32 Å². The maximum Gasteiger partial charge on any atom is 0.333 e.